The molecule has 9 nitrogen and oxygen atoms in total. The molecule has 1 fully saturated rings. The SMILES string of the molecule is CC(C)Cn1c(=O)[nH]c(=O)c2c(C(=O)N[C@@H](C)C(=O)O)cc(C3CC3)nc21. The molecule has 3 N–H and O–H groups in total. The second kappa shape index (κ2) is 6.98. The smallest absolute Gasteiger partial charge is 0.330 e. The molecule has 27 heavy (non-hydrogen) atoms. The van der Waals surface area contributed by atoms with Crippen molar-refractivity contribution in [3.05, 3.63) is 38.2 Å². The van der Waals surface area contributed by atoms with Gasteiger partial charge in [0, 0.05) is 18.2 Å². The lowest BCUT2D eigenvalue weighted by atomic mass is 10.1. The van der Waals surface area contributed by atoms with Crippen molar-refractivity contribution in [1.29, 1.82) is 0 Å². The molecule has 144 valence electrons. The molecule has 1 aliphatic carbocycles. The highest BCUT2D eigenvalue weighted by Crippen LogP contribution is 2.39. The highest BCUT2D eigenvalue weighted by Gasteiger charge is 2.29. The number of pyridine rings is 1. The Bertz CT molecular complexity index is 1030. The standard InChI is InChI=1S/C18H22N4O5/c1-8(2)7-22-14-13(16(24)21-18(22)27)11(6-12(20-14)10-4-5-10)15(23)19-9(3)17(25)26/h6,8-10H,4-5,7H2,1-3H3,(H,19,23)(H,25,26)(H,21,24,27)/t9-/m0/s1. The highest BCUT2D eigenvalue weighted by molar-refractivity contribution is 6.06. The number of carbonyl (C=O) groups excluding carboxylic acids is 1. The van der Waals surface area contributed by atoms with Crippen LogP contribution in [-0.2, 0) is 11.3 Å². The molecule has 1 aliphatic rings. The molecule has 9 heteroatoms. The molecule has 0 radical (unpaired) electrons. The van der Waals surface area contributed by atoms with Gasteiger partial charge in [-0.15, -0.1) is 0 Å². The van der Waals surface area contributed by atoms with Crippen LogP contribution >= 0.6 is 0 Å². The zero-order chi connectivity index (χ0) is 19.9. The molecule has 0 spiro atoms. The number of aliphatic carboxylic acids is 1. The molecule has 2 aromatic rings. The predicted octanol–water partition coefficient (Wildman–Crippen LogP) is 0.821. The van der Waals surface area contributed by atoms with Crippen molar-refractivity contribution < 1.29 is 14.7 Å². The fraction of sp³-hybridized carbons (Fsp3) is 0.500. The monoisotopic (exact) mass is 374 g/mol. The van der Waals surface area contributed by atoms with Gasteiger partial charge in [0.15, 0.2) is 5.65 Å². The fourth-order valence-corrected chi connectivity index (χ4v) is 2.93. The topological polar surface area (TPSA) is 134 Å². The van der Waals surface area contributed by atoms with Crippen LogP contribution in [0.1, 0.15) is 55.6 Å². The number of aromatic amines is 1. The first-order chi connectivity index (χ1) is 12.7. The molecule has 0 aliphatic heterocycles. The van der Waals surface area contributed by atoms with Crippen LogP contribution in [0.2, 0.25) is 0 Å². The van der Waals surface area contributed by atoms with Gasteiger partial charge in [0.25, 0.3) is 11.5 Å². The largest absolute Gasteiger partial charge is 0.480 e. The second-order valence-electron chi connectivity index (χ2n) is 7.36. The minimum absolute atomic E-state index is 0.00487. The summed E-state index contributed by atoms with van der Waals surface area (Å²) in [5.41, 5.74) is -0.452. The van der Waals surface area contributed by atoms with Gasteiger partial charge < -0.3 is 10.4 Å². The van der Waals surface area contributed by atoms with Crippen molar-refractivity contribution in [2.24, 2.45) is 5.92 Å². The number of carbonyl (C=O) groups is 2. The number of nitrogens with zero attached hydrogens (tertiary/aromatic N) is 2. The number of nitrogens with one attached hydrogen (secondary N) is 2. The zero-order valence-corrected chi connectivity index (χ0v) is 15.4. The molecule has 1 saturated carbocycles. The molecule has 1 atom stereocenters. The number of hydrogen-bond donors (Lipinski definition) is 3. The Kier molecular flexibility index (Phi) is 4.86. The van der Waals surface area contributed by atoms with Gasteiger partial charge in [0.05, 0.1) is 10.9 Å². The maximum absolute atomic E-state index is 12.7. The van der Waals surface area contributed by atoms with E-state index < -0.39 is 29.2 Å². The van der Waals surface area contributed by atoms with Crippen molar-refractivity contribution in [3.63, 3.8) is 0 Å². The van der Waals surface area contributed by atoms with E-state index in [0.717, 1.165) is 12.8 Å². The van der Waals surface area contributed by atoms with E-state index in [-0.39, 0.29) is 28.4 Å². The summed E-state index contributed by atoms with van der Waals surface area (Å²) in [5.74, 6) is -1.57. The maximum Gasteiger partial charge on any atom is 0.330 e. The summed E-state index contributed by atoms with van der Waals surface area (Å²) >= 11 is 0. The Balaban J connectivity index is 2.26. The van der Waals surface area contributed by atoms with Crippen LogP contribution < -0.4 is 16.6 Å². The second-order valence-corrected chi connectivity index (χ2v) is 7.36. The lowest BCUT2D eigenvalue weighted by molar-refractivity contribution is -0.138. The van der Waals surface area contributed by atoms with Crippen LogP contribution in [-0.4, -0.2) is 37.6 Å². The van der Waals surface area contributed by atoms with Crippen LogP contribution in [0.5, 0.6) is 0 Å². The minimum Gasteiger partial charge on any atom is -0.480 e. The maximum atomic E-state index is 12.7. The molecule has 0 unspecified atom stereocenters. The molecule has 0 aromatic carbocycles. The minimum atomic E-state index is -1.19. The molecule has 2 heterocycles. The van der Waals surface area contributed by atoms with E-state index in [9.17, 15) is 19.2 Å². The molecule has 0 saturated heterocycles. The third-order valence-corrected chi connectivity index (χ3v) is 4.47. The number of hydrogen-bond acceptors (Lipinski definition) is 5. The third kappa shape index (κ3) is 3.76. The summed E-state index contributed by atoms with van der Waals surface area (Å²) in [6, 6.07) is 0.411. The lowest BCUT2D eigenvalue weighted by Crippen LogP contribution is -2.39. The number of aromatic nitrogens is 3. The normalized spacial score (nSPS) is 15.1. The quantitative estimate of drug-likeness (QED) is 0.685. The summed E-state index contributed by atoms with van der Waals surface area (Å²) in [7, 11) is 0. The summed E-state index contributed by atoms with van der Waals surface area (Å²) in [4.78, 5) is 55.3. The number of carboxylic acid groups (broad SMARTS) is 1. The van der Waals surface area contributed by atoms with Gasteiger partial charge in [-0.25, -0.2) is 9.78 Å². The van der Waals surface area contributed by atoms with E-state index in [4.69, 9.17) is 5.11 Å². The van der Waals surface area contributed by atoms with Crippen LogP contribution in [0.4, 0.5) is 0 Å². The number of H-pyrrole nitrogens is 1. The van der Waals surface area contributed by atoms with Gasteiger partial charge in [-0.05, 0) is 31.7 Å². The van der Waals surface area contributed by atoms with Crippen LogP contribution in [0, 0.1) is 5.92 Å². The number of fused-ring (bicyclic) bond motifs is 1. The van der Waals surface area contributed by atoms with Crippen molar-refractivity contribution in [3.8, 4) is 0 Å². The summed E-state index contributed by atoms with van der Waals surface area (Å²) in [6.45, 7) is 5.52. The highest BCUT2D eigenvalue weighted by atomic mass is 16.4. The third-order valence-electron chi connectivity index (χ3n) is 4.47. The number of amides is 1. The van der Waals surface area contributed by atoms with Crippen molar-refractivity contribution >= 4 is 22.9 Å². The first-order valence-corrected chi connectivity index (χ1v) is 8.90. The Hall–Kier alpha value is -2.97. The van der Waals surface area contributed by atoms with Gasteiger partial charge >= 0.3 is 11.7 Å². The number of rotatable bonds is 6. The summed E-state index contributed by atoms with van der Waals surface area (Å²) < 4.78 is 1.37. The van der Waals surface area contributed by atoms with Crippen LogP contribution in [0.25, 0.3) is 11.0 Å². The Morgan fingerprint density at radius 1 is 1.33 bits per heavy atom. The lowest BCUT2D eigenvalue weighted by Gasteiger charge is -2.15. The Morgan fingerprint density at radius 2 is 2.00 bits per heavy atom. The van der Waals surface area contributed by atoms with Gasteiger partial charge in [0.1, 0.15) is 6.04 Å². The van der Waals surface area contributed by atoms with E-state index in [0.29, 0.717) is 12.2 Å². The number of carboxylic acids is 1. The van der Waals surface area contributed by atoms with Gasteiger partial charge in [-0.1, -0.05) is 13.8 Å². The van der Waals surface area contributed by atoms with Crippen molar-refractivity contribution in [2.75, 3.05) is 0 Å². The molecule has 3 rings (SSSR count). The predicted molar refractivity (Wildman–Crippen MR) is 98.0 cm³/mol. The van der Waals surface area contributed by atoms with Crippen molar-refractivity contribution in [1.82, 2.24) is 19.9 Å². The van der Waals surface area contributed by atoms with E-state index in [2.05, 4.69) is 15.3 Å². The zero-order valence-electron chi connectivity index (χ0n) is 15.4. The van der Waals surface area contributed by atoms with Crippen molar-refractivity contribution in [2.45, 2.75) is 52.1 Å². The van der Waals surface area contributed by atoms with Gasteiger partial charge in [0.2, 0.25) is 0 Å². The average molecular weight is 374 g/mol. The van der Waals surface area contributed by atoms with E-state index in [1.54, 1.807) is 0 Å². The fourth-order valence-electron chi connectivity index (χ4n) is 2.93. The molecular formula is C18H22N4O5. The van der Waals surface area contributed by atoms with E-state index in [1.165, 1.54) is 17.6 Å². The Labute approximate surface area is 154 Å². The first-order valence-electron chi connectivity index (χ1n) is 8.90. The van der Waals surface area contributed by atoms with Gasteiger partial charge in [-0.2, -0.15) is 0 Å². The Morgan fingerprint density at radius 3 is 2.56 bits per heavy atom. The first kappa shape index (κ1) is 18.8. The van der Waals surface area contributed by atoms with E-state index in [1.807, 2.05) is 13.8 Å². The summed E-state index contributed by atoms with van der Waals surface area (Å²) in [6.07, 6.45) is 1.84. The average Bonchev–Trinajstić information content (AvgIpc) is 3.42. The molecule has 1 amide bonds. The molecule has 0 bridgehead atoms. The molecule has 2 aromatic heterocycles. The van der Waals surface area contributed by atoms with Crippen LogP contribution in [0.15, 0.2) is 15.7 Å². The van der Waals surface area contributed by atoms with Gasteiger partial charge in [-0.3, -0.25) is 23.9 Å². The molecular weight excluding hydrogens is 352 g/mol. The van der Waals surface area contributed by atoms with E-state index >= 15 is 0 Å². The van der Waals surface area contributed by atoms with Crippen LogP contribution in [0.3, 0.4) is 0 Å². The summed E-state index contributed by atoms with van der Waals surface area (Å²) in [5, 5.41) is 11.4.